The lowest BCUT2D eigenvalue weighted by Crippen LogP contribution is -2.51. The summed E-state index contributed by atoms with van der Waals surface area (Å²) < 4.78 is 0. The number of halogens is 1. The summed E-state index contributed by atoms with van der Waals surface area (Å²) in [5.74, 6) is -0.239. The first-order valence-corrected chi connectivity index (χ1v) is 11.3. The fraction of sp³-hybridized carbons (Fsp3) is 0.259. The third kappa shape index (κ3) is 6.44. The minimum Gasteiger partial charge on any atom is -0.355 e. The predicted molar refractivity (Wildman–Crippen MR) is 130 cm³/mol. The van der Waals surface area contributed by atoms with Crippen LogP contribution in [0.1, 0.15) is 29.2 Å². The Balaban J connectivity index is 1.95. The monoisotopic (exact) mass is 448 g/mol. The smallest absolute Gasteiger partial charge is 0.243 e. The molecule has 1 atom stereocenters. The van der Waals surface area contributed by atoms with Crippen LogP contribution in [0.5, 0.6) is 0 Å². The quantitative estimate of drug-likeness (QED) is 0.502. The van der Waals surface area contributed by atoms with Crippen molar-refractivity contribution in [3.8, 4) is 0 Å². The molecule has 0 heterocycles. The number of hydrogen-bond acceptors (Lipinski definition) is 2. The van der Waals surface area contributed by atoms with Crippen LogP contribution < -0.4 is 5.32 Å². The van der Waals surface area contributed by atoms with E-state index in [-0.39, 0.29) is 18.2 Å². The summed E-state index contributed by atoms with van der Waals surface area (Å²) in [5.41, 5.74) is 3.99. The Morgan fingerprint density at radius 1 is 0.906 bits per heavy atom. The van der Waals surface area contributed by atoms with E-state index in [0.29, 0.717) is 24.5 Å². The Morgan fingerprint density at radius 3 is 2.22 bits per heavy atom. The number of amides is 2. The van der Waals surface area contributed by atoms with E-state index >= 15 is 0 Å². The maximum atomic E-state index is 13.6. The molecule has 0 saturated carbocycles. The van der Waals surface area contributed by atoms with Gasteiger partial charge in [0.25, 0.3) is 0 Å². The van der Waals surface area contributed by atoms with Crippen LogP contribution in [0.15, 0.2) is 78.9 Å². The van der Waals surface area contributed by atoms with Gasteiger partial charge in [-0.1, -0.05) is 78.3 Å². The van der Waals surface area contributed by atoms with Crippen molar-refractivity contribution >= 4 is 23.4 Å². The standard InChI is InChI=1S/C27H29ClN2O2/c1-3-29-27(32)25(17-21-10-5-4-6-11-21)30(19-23-12-8-7-9-20(23)2)26(31)18-22-13-15-24(28)16-14-22/h4-16,25H,3,17-19H2,1-2H3,(H,29,32). The van der Waals surface area contributed by atoms with E-state index in [1.807, 2.05) is 80.6 Å². The first kappa shape index (κ1) is 23.6. The first-order valence-electron chi connectivity index (χ1n) is 10.9. The molecule has 0 bridgehead atoms. The molecule has 0 aromatic heterocycles. The average Bonchev–Trinajstić information content (AvgIpc) is 2.79. The highest BCUT2D eigenvalue weighted by Crippen LogP contribution is 2.19. The summed E-state index contributed by atoms with van der Waals surface area (Å²) in [5, 5.41) is 3.55. The maximum Gasteiger partial charge on any atom is 0.243 e. The van der Waals surface area contributed by atoms with E-state index in [2.05, 4.69) is 5.32 Å². The van der Waals surface area contributed by atoms with Crippen LogP contribution in [0.3, 0.4) is 0 Å². The largest absolute Gasteiger partial charge is 0.355 e. The molecule has 0 spiro atoms. The topological polar surface area (TPSA) is 49.4 Å². The van der Waals surface area contributed by atoms with Gasteiger partial charge >= 0.3 is 0 Å². The highest BCUT2D eigenvalue weighted by atomic mass is 35.5. The first-order chi connectivity index (χ1) is 15.5. The van der Waals surface area contributed by atoms with Gasteiger partial charge in [-0.25, -0.2) is 0 Å². The van der Waals surface area contributed by atoms with Crippen molar-refractivity contribution in [2.75, 3.05) is 6.54 Å². The summed E-state index contributed by atoms with van der Waals surface area (Å²) in [6, 6.07) is 24.4. The SMILES string of the molecule is CCNC(=O)C(Cc1ccccc1)N(Cc1ccccc1C)C(=O)Cc1ccc(Cl)cc1. The van der Waals surface area contributed by atoms with Gasteiger partial charge in [-0.05, 0) is 48.2 Å². The zero-order valence-corrected chi connectivity index (χ0v) is 19.3. The fourth-order valence-electron chi connectivity index (χ4n) is 3.70. The van der Waals surface area contributed by atoms with Crippen LogP contribution in [0, 0.1) is 6.92 Å². The van der Waals surface area contributed by atoms with Gasteiger partial charge < -0.3 is 10.2 Å². The molecule has 166 valence electrons. The van der Waals surface area contributed by atoms with E-state index < -0.39 is 6.04 Å². The highest BCUT2D eigenvalue weighted by molar-refractivity contribution is 6.30. The van der Waals surface area contributed by atoms with Gasteiger partial charge in [0.1, 0.15) is 6.04 Å². The second-order valence-electron chi connectivity index (χ2n) is 7.85. The number of nitrogens with one attached hydrogen (secondary N) is 1. The molecule has 3 aromatic rings. The second-order valence-corrected chi connectivity index (χ2v) is 8.29. The molecule has 5 heteroatoms. The number of nitrogens with zero attached hydrogens (tertiary/aromatic N) is 1. The third-order valence-corrected chi connectivity index (χ3v) is 5.74. The molecular weight excluding hydrogens is 420 g/mol. The van der Waals surface area contributed by atoms with E-state index in [1.54, 1.807) is 17.0 Å². The zero-order valence-electron chi connectivity index (χ0n) is 18.6. The minimum absolute atomic E-state index is 0.0947. The minimum atomic E-state index is -0.614. The van der Waals surface area contributed by atoms with E-state index in [4.69, 9.17) is 11.6 Å². The van der Waals surface area contributed by atoms with Crippen molar-refractivity contribution in [1.82, 2.24) is 10.2 Å². The van der Waals surface area contributed by atoms with Crippen molar-refractivity contribution in [1.29, 1.82) is 0 Å². The van der Waals surface area contributed by atoms with Crippen molar-refractivity contribution in [2.24, 2.45) is 0 Å². The van der Waals surface area contributed by atoms with Crippen LogP contribution >= 0.6 is 11.6 Å². The molecule has 1 unspecified atom stereocenters. The molecular formula is C27H29ClN2O2. The number of benzene rings is 3. The van der Waals surface area contributed by atoms with Crippen LogP contribution in [0.25, 0.3) is 0 Å². The van der Waals surface area contributed by atoms with Crippen molar-refractivity contribution in [2.45, 2.75) is 39.3 Å². The fourth-order valence-corrected chi connectivity index (χ4v) is 3.82. The Kier molecular flexibility index (Phi) is 8.46. The Labute approximate surface area is 195 Å². The molecule has 0 fully saturated rings. The van der Waals surface area contributed by atoms with E-state index in [0.717, 1.165) is 22.3 Å². The summed E-state index contributed by atoms with van der Waals surface area (Å²) in [6.07, 6.45) is 0.651. The van der Waals surface area contributed by atoms with Gasteiger partial charge in [0.05, 0.1) is 6.42 Å². The van der Waals surface area contributed by atoms with Gasteiger partial charge in [-0.15, -0.1) is 0 Å². The lowest BCUT2D eigenvalue weighted by Gasteiger charge is -2.32. The molecule has 0 aliphatic carbocycles. The number of carbonyl (C=O) groups excluding carboxylic acids is 2. The van der Waals surface area contributed by atoms with Gasteiger partial charge in [0.15, 0.2) is 0 Å². The van der Waals surface area contributed by atoms with Gasteiger partial charge in [0, 0.05) is 24.5 Å². The normalized spacial score (nSPS) is 11.6. The lowest BCUT2D eigenvalue weighted by atomic mass is 10.0. The molecule has 3 rings (SSSR count). The molecule has 3 aromatic carbocycles. The molecule has 0 radical (unpaired) electrons. The molecule has 0 saturated heterocycles. The second kappa shape index (κ2) is 11.5. The lowest BCUT2D eigenvalue weighted by molar-refractivity contribution is -0.140. The third-order valence-electron chi connectivity index (χ3n) is 5.49. The summed E-state index contributed by atoms with van der Waals surface area (Å²) in [6.45, 7) is 4.79. The Bertz CT molecular complexity index is 1040. The molecule has 0 aliphatic heterocycles. The van der Waals surface area contributed by atoms with E-state index in [1.165, 1.54) is 0 Å². The summed E-state index contributed by atoms with van der Waals surface area (Å²) >= 11 is 6.00. The Morgan fingerprint density at radius 2 is 1.56 bits per heavy atom. The maximum absolute atomic E-state index is 13.6. The van der Waals surface area contributed by atoms with Crippen molar-refractivity contribution < 1.29 is 9.59 Å². The average molecular weight is 449 g/mol. The molecule has 1 N–H and O–H groups in total. The zero-order chi connectivity index (χ0) is 22.9. The van der Waals surface area contributed by atoms with Crippen LogP contribution in [0.2, 0.25) is 5.02 Å². The van der Waals surface area contributed by atoms with Crippen LogP contribution in [-0.2, 0) is 29.0 Å². The highest BCUT2D eigenvalue weighted by Gasteiger charge is 2.30. The van der Waals surface area contributed by atoms with Gasteiger partial charge in [-0.3, -0.25) is 9.59 Å². The van der Waals surface area contributed by atoms with Crippen LogP contribution in [0.4, 0.5) is 0 Å². The van der Waals surface area contributed by atoms with Crippen LogP contribution in [-0.4, -0.2) is 29.3 Å². The number of rotatable bonds is 9. The molecule has 32 heavy (non-hydrogen) atoms. The van der Waals surface area contributed by atoms with Gasteiger partial charge in [0.2, 0.25) is 11.8 Å². The van der Waals surface area contributed by atoms with E-state index in [9.17, 15) is 9.59 Å². The summed E-state index contributed by atoms with van der Waals surface area (Å²) in [4.78, 5) is 28.4. The van der Waals surface area contributed by atoms with Crippen molar-refractivity contribution in [3.05, 3.63) is 106 Å². The number of aryl methyl sites for hydroxylation is 1. The number of carbonyl (C=O) groups is 2. The number of hydrogen-bond donors (Lipinski definition) is 1. The molecule has 4 nitrogen and oxygen atoms in total. The molecule has 0 aliphatic rings. The number of likely N-dealkylation sites (N-methyl/N-ethyl adjacent to an activating group) is 1. The Hall–Kier alpha value is -3.11. The van der Waals surface area contributed by atoms with Crippen molar-refractivity contribution in [3.63, 3.8) is 0 Å². The molecule has 2 amide bonds. The summed E-state index contributed by atoms with van der Waals surface area (Å²) in [7, 11) is 0. The predicted octanol–water partition coefficient (Wildman–Crippen LogP) is 4.97. The van der Waals surface area contributed by atoms with Gasteiger partial charge in [-0.2, -0.15) is 0 Å².